The fraction of sp³-hybridized carbons (Fsp3) is 0.273. The summed E-state index contributed by atoms with van der Waals surface area (Å²) >= 11 is 11.1. The van der Waals surface area contributed by atoms with Gasteiger partial charge in [0.15, 0.2) is 5.11 Å². The monoisotopic (exact) mass is 298 g/mol. The van der Waals surface area contributed by atoms with Crippen LogP contribution in [0.4, 0.5) is 11.4 Å². The number of rotatable bonds is 4. The number of non-ortho nitro benzene ring substituents is 1. The van der Waals surface area contributed by atoms with E-state index in [0.717, 1.165) is 0 Å². The van der Waals surface area contributed by atoms with E-state index < -0.39 is 4.92 Å². The lowest BCUT2D eigenvalue weighted by Crippen LogP contribution is -2.31. The standard InChI is InChI=1S/C11H11ClN4O2S/c1-15(6-2-5-13)11(19)14-10-7-8(16(17)18)3-4-9(10)12/h3-4,7H,2,6H2,1H3,(H,14,19). The molecule has 1 rings (SSSR count). The number of thiocarbonyl (C=S) groups is 1. The van der Waals surface area contributed by atoms with Gasteiger partial charge in [-0.1, -0.05) is 11.6 Å². The molecular formula is C11H11ClN4O2S. The van der Waals surface area contributed by atoms with Crippen LogP contribution in [0.3, 0.4) is 0 Å². The van der Waals surface area contributed by atoms with E-state index in [9.17, 15) is 10.1 Å². The maximum absolute atomic E-state index is 10.7. The van der Waals surface area contributed by atoms with Gasteiger partial charge >= 0.3 is 0 Å². The van der Waals surface area contributed by atoms with Crippen LogP contribution in [0.2, 0.25) is 5.02 Å². The maximum Gasteiger partial charge on any atom is 0.271 e. The second-order valence-corrected chi connectivity index (χ2v) is 4.47. The predicted octanol–water partition coefficient (Wildman–Crippen LogP) is 2.79. The van der Waals surface area contributed by atoms with Gasteiger partial charge in [0.25, 0.3) is 5.69 Å². The molecule has 0 fully saturated rings. The molecule has 0 aliphatic heterocycles. The van der Waals surface area contributed by atoms with Crippen LogP contribution in [-0.2, 0) is 0 Å². The number of nitro benzene ring substituents is 1. The highest BCUT2D eigenvalue weighted by atomic mass is 35.5. The number of hydrogen-bond donors (Lipinski definition) is 1. The molecule has 0 bridgehead atoms. The lowest BCUT2D eigenvalue weighted by Gasteiger charge is -2.20. The molecule has 0 spiro atoms. The Kier molecular flexibility index (Phi) is 5.48. The third-order valence-corrected chi connectivity index (χ3v) is 3.05. The first-order valence-electron chi connectivity index (χ1n) is 5.28. The van der Waals surface area contributed by atoms with Crippen LogP contribution in [0, 0.1) is 21.4 Å². The van der Waals surface area contributed by atoms with Crippen molar-refractivity contribution in [3.05, 3.63) is 33.3 Å². The molecule has 0 atom stereocenters. The average molecular weight is 299 g/mol. The average Bonchev–Trinajstić information content (AvgIpc) is 2.38. The normalized spacial score (nSPS) is 9.53. The summed E-state index contributed by atoms with van der Waals surface area (Å²) in [5.74, 6) is 0. The highest BCUT2D eigenvalue weighted by Gasteiger charge is 2.12. The lowest BCUT2D eigenvalue weighted by atomic mass is 10.3. The number of nitriles is 1. The molecule has 0 saturated carbocycles. The molecular weight excluding hydrogens is 288 g/mol. The Hall–Kier alpha value is -1.91. The molecule has 0 amide bonds. The molecule has 1 aromatic rings. The minimum absolute atomic E-state index is 0.0747. The van der Waals surface area contributed by atoms with E-state index in [-0.39, 0.29) is 5.69 Å². The van der Waals surface area contributed by atoms with Crippen molar-refractivity contribution in [3.63, 3.8) is 0 Å². The van der Waals surface area contributed by atoms with Gasteiger partial charge in [-0.2, -0.15) is 5.26 Å². The Labute approximate surface area is 120 Å². The summed E-state index contributed by atoms with van der Waals surface area (Å²) in [7, 11) is 1.72. The molecule has 0 saturated heterocycles. The summed E-state index contributed by atoms with van der Waals surface area (Å²) in [5.41, 5.74) is 0.291. The first-order valence-corrected chi connectivity index (χ1v) is 6.07. The van der Waals surface area contributed by atoms with Crippen molar-refractivity contribution in [3.8, 4) is 6.07 Å². The first kappa shape index (κ1) is 15.1. The Morgan fingerprint density at radius 3 is 2.95 bits per heavy atom. The highest BCUT2D eigenvalue weighted by Crippen LogP contribution is 2.26. The Morgan fingerprint density at radius 1 is 1.68 bits per heavy atom. The maximum atomic E-state index is 10.7. The SMILES string of the molecule is CN(CCC#N)C(=S)Nc1cc([N+](=O)[O-])ccc1Cl. The van der Waals surface area contributed by atoms with Crippen LogP contribution < -0.4 is 5.32 Å². The smallest absolute Gasteiger partial charge is 0.271 e. The van der Waals surface area contributed by atoms with E-state index >= 15 is 0 Å². The number of nitrogens with one attached hydrogen (secondary N) is 1. The second kappa shape index (κ2) is 6.87. The number of hydrogen-bond acceptors (Lipinski definition) is 4. The minimum atomic E-state index is -0.510. The van der Waals surface area contributed by atoms with Crippen molar-refractivity contribution in [1.29, 1.82) is 5.26 Å². The fourth-order valence-electron chi connectivity index (χ4n) is 1.25. The van der Waals surface area contributed by atoms with Gasteiger partial charge in [0.05, 0.1) is 28.1 Å². The van der Waals surface area contributed by atoms with Gasteiger partial charge in [0.1, 0.15) is 0 Å². The minimum Gasteiger partial charge on any atom is -0.351 e. The van der Waals surface area contributed by atoms with E-state index in [4.69, 9.17) is 29.1 Å². The Morgan fingerprint density at radius 2 is 2.37 bits per heavy atom. The van der Waals surface area contributed by atoms with Crippen LogP contribution >= 0.6 is 23.8 Å². The van der Waals surface area contributed by atoms with E-state index in [1.54, 1.807) is 11.9 Å². The van der Waals surface area contributed by atoms with Crippen molar-refractivity contribution in [2.45, 2.75) is 6.42 Å². The van der Waals surface area contributed by atoms with Crippen molar-refractivity contribution >= 4 is 40.3 Å². The molecule has 1 aromatic carbocycles. The quantitative estimate of drug-likeness (QED) is 0.523. The summed E-state index contributed by atoms with van der Waals surface area (Å²) < 4.78 is 0. The number of nitro groups is 1. The molecule has 0 radical (unpaired) electrons. The Balaban J connectivity index is 2.81. The summed E-state index contributed by atoms with van der Waals surface area (Å²) in [6.45, 7) is 0.467. The summed E-state index contributed by atoms with van der Waals surface area (Å²) in [6, 6.07) is 6.07. The van der Waals surface area contributed by atoms with Crippen LogP contribution in [0.1, 0.15) is 6.42 Å². The molecule has 0 aliphatic rings. The van der Waals surface area contributed by atoms with Crippen LogP contribution in [0.25, 0.3) is 0 Å². The molecule has 0 unspecified atom stereocenters. The third kappa shape index (κ3) is 4.35. The van der Waals surface area contributed by atoms with Crippen molar-refractivity contribution in [2.24, 2.45) is 0 Å². The number of nitrogens with zero attached hydrogens (tertiary/aromatic N) is 3. The van der Waals surface area contributed by atoms with Gasteiger partial charge in [0.2, 0.25) is 0 Å². The molecule has 0 heterocycles. The zero-order valence-electron chi connectivity index (χ0n) is 10.1. The van der Waals surface area contributed by atoms with Gasteiger partial charge in [0, 0.05) is 25.7 Å². The van der Waals surface area contributed by atoms with Crippen molar-refractivity contribution in [1.82, 2.24) is 4.90 Å². The fourth-order valence-corrected chi connectivity index (χ4v) is 1.62. The highest BCUT2D eigenvalue weighted by molar-refractivity contribution is 7.80. The van der Waals surface area contributed by atoms with Crippen LogP contribution in [0.15, 0.2) is 18.2 Å². The van der Waals surface area contributed by atoms with E-state index in [2.05, 4.69) is 5.32 Å². The molecule has 19 heavy (non-hydrogen) atoms. The topological polar surface area (TPSA) is 82.2 Å². The van der Waals surface area contributed by atoms with E-state index in [0.29, 0.717) is 28.8 Å². The Bertz CT molecular complexity index is 544. The van der Waals surface area contributed by atoms with Crippen LogP contribution in [-0.4, -0.2) is 28.5 Å². The lowest BCUT2D eigenvalue weighted by molar-refractivity contribution is -0.384. The zero-order chi connectivity index (χ0) is 14.4. The molecule has 1 N–H and O–H groups in total. The molecule has 100 valence electrons. The van der Waals surface area contributed by atoms with Crippen molar-refractivity contribution < 1.29 is 4.92 Å². The summed E-state index contributed by atoms with van der Waals surface area (Å²) in [6.07, 6.45) is 0.334. The van der Waals surface area contributed by atoms with Gasteiger partial charge in [-0.05, 0) is 18.3 Å². The molecule has 0 aliphatic carbocycles. The predicted molar refractivity (Wildman–Crippen MR) is 77.2 cm³/mol. The molecule has 0 aromatic heterocycles. The largest absolute Gasteiger partial charge is 0.351 e. The first-order chi connectivity index (χ1) is 8.95. The number of anilines is 1. The third-order valence-electron chi connectivity index (χ3n) is 2.31. The summed E-state index contributed by atoms with van der Waals surface area (Å²) in [4.78, 5) is 11.8. The number of halogens is 1. The van der Waals surface area contributed by atoms with Gasteiger partial charge in [-0.3, -0.25) is 10.1 Å². The van der Waals surface area contributed by atoms with E-state index in [1.807, 2.05) is 6.07 Å². The van der Waals surface area contributed by atoms with Gasteiger partial charge < -0.3 is 10.2 Å². The van der Waals surface area contributed by atoms with Gasteiger partial charge in [-0.25, -0.2) is 0 Å². The molecule has 8 heteroatoms. The number of benzene rings is 1. The van der Waals surface area contributed by atoms with E-state index in [1.165, 1.54) is 18.2 Å². The zero-order valence-corrected chi connectivity index (χ0v) is 11.7. The van der Waals surface area contributed by atoms with Gasteiger partial charge in [-0.15, -0.1) is 0 Å². The van der Waals surface area contributed by atoms with Crippen LogP contribution in [0.5, 0.6) is 0 Å². The van der Waals surface area contributed by atoms with Crippen molar-refractivity contribution in [2.75, 3.05) is 18.9 Å². The molecule has 6 nitrogen and oxygen atoms in total. The summed E-state index contributed by atoms with van der Waals surface area (Å²) in [5, 5.41) is 22.7. The second-order valence-electron chi connectivity index (χ2n) is 3.68.